The van der Waals surface area contributed by atoms with Gasteiger partial charge in [-0.1, -0.05) is 12.8 Å². The van der Waals surface area contributed by atoms with Gasteiger partial charge in [0.25, 0.3) is 0 Å². The number of piperidine rings is 1. The Labute approximate surface area is 254 Å². The number of nitrogens with one attached hydrogen (secondary N) is 1. The molecule has 1 spiro atoms. The van der Waals surface area contributed by atoms with Crippen molar-refractivity contribution in [2.24, 2.45) is 5.41 Å². The van der Waals surface area contributed by atoms with E-state index in [1.807, 2.05) is 70.0 Å². The molecule has 0 unspecified atom stereocenters. The number of anilines is 3. The lowest BCUT2D eigenvalue weighted by Crippen LogP contribution is -2.62. The highest BCUT2D eigenvalue weighted by atomic mass is 16.6. The minimum absolute atomic E-state index is 0.207. The number of hydrogen-bond acceptors (Lipinski definition) is 9. The summed E-state index contributed by atoms with van der Waals surface area (Å²) in [5, 5.41) is 4.11. The van der Waals surface area contributed by atoms with E-state index in [0.717, 1.165) is 74.9 Å². The van der Waals surface area contributed by atoms with Crippen LogP contribution in [0.15, 0.2) is 30.6 Å². The van der Waals surface area contributed by atoms with Gasteiger partial charge >= 0.3 is 6.09 Å². The number of rotatable bonds is 5. The van der Waals surface area contributed by atoms with E-state index >= 15 is 0 Å². The minimum Gasteiger partial charge on any atom is -0.444 e. The molecule has 1 N–H and O–H groups in total. The molecule has 0 bridgehead atoms. The fraction of sp³-hybridized carbons (Fsp3) is 0.594. The molecule has 0 atom stereocenters. The highest BCUT2D eigenvalue weighted by Gasteiger charge is 2.47. The van der Waals surface area contributed by atoms with Gasteiger partial charge in [0.2, 0.25) is 5.95 Å². The van der Waals surface area contributed by atoms with Crippen LogP contribution >= 0.6 is 0 Å². The van der Waals surface area contributed by atoms with E-state index in [9.17, 15) is 9.59 Å². The van der Waals surface area contributed by atoms with Gasteiger partial charge in [-0.25, -0.2) is 14.8 Å². The molecule has 2 aliphatic heterocycles. The lowest BCUT2D eigenvalue weighted by atomic mass is 9.72. The smallest absolute Gasteiger partial charge is 0.410 e. The van der Waals surface area contributed by atoms with E-state index in [2.05, 4.69) is 30.8 Å². The van der Waals surface area contributed by atoms with E-state index in [4.69, 9.17) is 9.72 Å². The second kappa shape index (κ2) is 12.5. The monoisotopic (exact) mass is 590 g/mol. The summed E-state index contributed by atoms with van der Waals surface area (Å²) in [4.78, 5) is 44.1. The maximum atomic E-state index is 12.3. The molecule has 1 saturated carbocycles. The van der Waals surface area contributed by atoms with Gasteiger partial charge in [0.15, 0.2) is 6.29 Å². The number of likely N-dealkylation sites (tertiary alicyclic amines) is 1. The molecule has 1 aliphatic carbocycles. The van der Waals surface area contributed by atoms with E-state index in [1.54, 1.807) is 6.20 Å². The summed E-state index contributed by atoms with van der Waals surface area (Å²) in [6, 6.07) is 6.21. The molecule has 2 saturated heterocycles. The zero-order chi connectivity index (χ0) is 30.8. The Hall–Kier alpha value is -3.73. The average Bonchev–Trinajstić information content (AvgIpc) is 3.58. The Bertz CT molecular complexity index is 1400. The summed E-state index contributed by atoms with van der Waals surface area (Å²) in [6.07, 6.45) is 11.0. The number of aromatic nitrogens is 4. The second-order valence-electron chi connectivity index (χ2n) is 13.7. The quantitative estimate of drug-likeness (QED) is 0.385. The summed E-state index contributed by atoms with van der Waals surface area (Å²) in [5.41, 5.74) is 2.28. The van der Waals surface area contributed by atoms with Crippen LogP contribution in [0.2, 0.25) is 0 Å². The van der Waals surface area contributed by atoms with Crippen molar-refractivity contribution in [2.75, 3.05) is 57.5 Å². The highest BCUT2D eigenvalue weighted by molar-refractivity contribution is 5.87. The molecule has 5 heterocycles. The largest absolute Gasteiger partial charge is 0.444 e. The van der Waals surface area contributed by atoms with Crippen molar-refractivity contribution < 1.29 is 14.3 Å². The first-order valence-corrected chi connectivity index (χ1v) is 15.4. The number of amides is 1. The first kappa shape index (κ1) is 30.7. The van der Waals surface area contributed by atoms with Gasteiger partial charge in [-0.3, -0.25) is 4.79 Å². The predicted molar refractivity (Wildman–Crippen MR) is 169 cm³/mol. The summed E-state index contributed by atoms with van der Waals surface area (Å²) < 4.78 is 7.59. The van der Waals surface area contributed by atoms with Crippen molar-refractivity contribution in [3.63, 3.8) is 0 Å². The van der Waals surface area contributed by atoms with Crippen molar-refractivity contribution in [3.8, 4) is 0 Å². The van der Waals surface area contributed by atoms with Crippen molar-refractivity contribution in [3.05, 3.63) is 36.3 Å². The SMILES string of the molecule is CC(C)(C)OC(=O)N1CC2(CCN(c3ccc(Nc4ncc5cc(C=O)n(C6CCCC6)c5n4)nc3)CC2)C1.CN(C)C. The number of nitrogens with zero attached hydrogens (tertiary/aromatic N) is 7. The summed E-state index contributed by atoms with van der Waals surface area (Å²) >= 11 is 0. The number of hydrogen-bond donors (Lipinski definition) is 1. The number of ether oxygens (including phenoxy) is 1. The van der Waals surface area contributed by atoms with Crippen LogP contribution in [0.3, 0.4) is 0 Å². The highest BCUT2D eigenvalue weighted by Crippen LogP contribution is 2.42. The molecule has 43 heavy (non-hydrogen) atoms. The minimum atomic E-state index is -0.462. The van der Waals surface area contributed by atoms with Crippen LogP contribution in [0.5, 0.6) is 0 Å². The topological polar surface area (TPSA) is 109 Å². The fourth-order valence-corrected chi connectivity index (χ4v) is 6.26. The molecule has 3 fully saturated rings. The number of fused-ring (bicyclic) bond motifs is 1. The lowest BCUT2D eigenvalue weighted by Gasteiger charge is -2.53. The zero-order valence-corrected chi connectivity index (χ0v) is 26.5. The number of aldehydes is 1. The van der Waals surface area contributed by atoms with Crippen molar-refractivity contribution >= 4 is 40.9 Å². The molecule has 232 valence electrons. The van der Waals surface area contributed by atoms with Crippen LogP contribution in [0, 0.1) is 5.41 Å². The summed E-state index contributed by atoms with van der Waals surface area (Å²) in [6.45, 7) is 9.14. The van der Waals surface area contributed by atoms with Crippen LogP contribution in [-0.4, -0.2) is 94.6 Å². The third-order valence-electron chi connectivity index (χ3n) is 8.30. The van der Waals surface area contributed by atoms with E-state index in [1.165, 1.54) is 12.8 Å². The van der Waals surface area contributed by atoms with Gasteiger partial charge in [0.05, 0.1) is 17.6 Å². The Balaban J connectivity index is 0.000000868. The Morgan fingerprint density at radius 3 is 2.33 bits per heavy atom. The molecule has 11 nitrogen and oxygen atoms in total. The second-order valence-corrected chi connectivity index (χ2v) is 13.7. The Morgan fingerprint density at radius 2 is 1.74 bits per heavy atom. The van der Waals surface area contributed by atoms with Crippen LogP contribution < -0.4 is 10.2 Å². The van der Waals surface area contributed by atoms with Gasteiger partial charge in [-0.2, -0.15) is 4.98 Å². The first-order chi connectivity index (χ1) is 20.4. The molecule has 3 aromatic heterocycles. The normalized spacial score (nSPS) is 18.4. The third-order valence-corrected chi connectivity index (χ3v) is 8.30. The predicted octanol–water partition coefficient (Wildman–Crippen LogP) is 5.51. The van der Waals surface area contributed by atoms with Crippen molar-refractivity contribution in [1.29, 1.82) is 0 Å². The van der Waals surface area contributed by atoms with E-state index in [-0.39, 0.29) is 11.5 Å². The molecule has 11 heteroatoms. The van der Waals surface area contributed by atoms with Crippen molar-refractivity contribution in [1.82, 2.24) is 29.3 Å². The maximum absolute atomic E-state index is 12.3. The molecule has 3 aromatic rings. The van der Waals surface area contributed by atoms with Crippen LogP contribution in [0.25, 0.3) is 11.0 Å². The van der Waals surface area contributed by atoms with E-state index < -0.39 is 5.60 Å². The molecular weight excluding hydrogens is 544 g/mol. The van der Waals surface area contributed by atoms with Gasteiger partial charge in [0, 0.05) is 49.2 Å². The average molecular weight is 591 g/mol. The molecular formula is C32H46N8O3. The molecule has 6 rings (SSSR count). The molecule has 0 aromatic carbocycles. The first-order valence-electron chi connectivity index (χ1n) is 15.4. The summed E-state index contributed by atoms with van der Waals surface area (Å²) in [7, 11) is 6.00. The number of carbonyl (C=O) groups excluding carboxylic acids is 2. The molecule has 3 aliphatic rings. The van der Waals surface area contributed by atoms with Crippen molar-refractivity contribution in [2.45, 2.75) is 70.9 Å². The molecule has 0 radical (unpaired) electrons. The standard InChI is InChI=1S/C29H37N7O3.C3H9N/c1-28(2,3)39-27(38)35-18-29(19-35)10-12-34(13-11-29)22-8-9-24(30-16-22)32-26-31-15-20-14-23(17-37)36(25(20)33-26)21-6-4-5-7-21;1-4(2)3/h8-9,14-17,21H,4-7,10-13,18-19H2,1-3H3,(H,30,31,32,33);1-3H3. The van der Waals surface area contributed by atoms with Crippen LogP contribution in [-0.2, 0) is 4.74 Å². The lowest BCUT2D eigenvalue weighted by molar-refractivity contribution is -0.0434. The van der Waals surface area contributed by atoms with Gasteiger partial charge in [0.1, 0.15) is 17.1 Å². The van der Waals surface area contributed by atoms with Gasteiger partial charge in [-0.15, -0.1) is 0 Å². The number of pyridine rings is 1. The summed E-state index contributed by atoms with van der Waals surface area (Å²) in [5.74, 6) is 1.14. The molecule has 1 amide bonds. The Morgan fingerprint density at radius 1 is 1.07 bits per heavy atom. The van der Waals surface area contributed by atoms with Crippen LogP contribution in [0.1, 0.15) is 75.8 Å². The van der Waals surface area contributed by atoms with E-state index in [0.29, 0.717) is 23.5 Å². The number of carbonyl (C=O) groups is 2. The van der Waals surface area contributed by atoms with Gasteiger partial charge in [-0.05, 0) is 85.8 Å². The van der Waals surface area contributed by atoms with Gasteiger partial charge < -0.3 is 29.3 Å². The zero-order valence-electron chi connectivity index (χ0n) is 26.5. The Kier molecular flexibility index (Phi) is 8.91. The third kappa shape index (κ3) is 7.26. The fourth-order valence-electron chi connectivity index (χ4n) is 6.26. The van der Waals surface area contributed by atoms with Crippen LogP contribution in [0.4, 0.5) is 22.2 Å². The maximum Gasteiger partial charge on any atom is 0.410 e.